The van der Waals surface area contributed by atoms with Crippen molar-refractivity contribution < 1.29 is 14.2 Å². The van der Waals surface area contributed by atoms with Crippen molar-refractivity contribution >= 4 is 5.96 Å². The molecule has 32 heavy (non-hydrogen) atoms. The first kappa shape index (κ1) is 23.8. The number of likely N-dealkylation sites (tertiary alicyclic amines) is 1. The molecule has 0 saturated carbocycles. The third-order valence-corrected chi connectivity index (χ3v) is 5.59. The van der Waals surface area contributed by atoms with E-state index in [1.54, 1.807) is 27.5 Å². The molecule has 1 saturated heterocycles. The van der Waals surface area contributed by atoms with Crippen molar-refractivity contribution in [2.75, 3.05) is 54.1 Å². The average molecular weight is 442 g/mol. The Bertz CT molecular complexity index is 838. The van der Waals surface area contributed by atoms with Gasteiger partial charge in [-0.2, -0.15) is 0 Å². The van der Waals surface area contributed by atoms with E-state index in [1.807, 2.05) is 24.3 Å². The van der Waals surface area contributed by atoms with Crippen LogP contribution < -0.4 is 20.1 Å². The van der Waals surface area contributed by atoms with E-state index in [0.717, 1.165) is 36.9 Å². The Morgan fingerprint density at radius 1 is 1.09 bits per heavy atom. The van der Waals surface area contributed by atoms with Crippen molar-refractivity contribution in [3.05, 3.63) is 53.7 Å². The SMILES string of the molecule is CN=C(NCc1cccnc1OCCOC)NCC(c1ccc(OC)cc1)N1CCCC1. The van der Waals surface area contributed by atoms with Crippen molar-refractivity contribution in [2.24, 2.45) is 4.99 Å². The summed E-state index contributed by atoms with van der Waals surface area (Å²) < 4.78 is 16.1. The normalized spacial score (nSPS) is 15.4. The van der Waals surface area contributed by atoms with E-state index in [2.05, 4.69) is 37.6 Å². The van der Waals surface area contributed by atoms with Crippen LogP contribution in [0.2, 0.25) is 0 Å². The van der Waals surface area contributed by atoms with Crippen LogP contribution in [0.4, 0.5) is 0 Å². The van der Waals surface area contributed by atoms with Gasteiger partial charge >= 0.3 is 0 Å². The second-order valence-electron chi connectivity index (χ2n) is 7.65. The lowest BCUT2D eigenvalue weighted by atomic mass is 10.1. The van der Waals surface area contributed by atoms with Crippen molar-refractivity contribution in [3.8, 4) is 11.6 Å². The van der Waals surface area contributed by atoms with Gasteiger partial charge in [-0.1, -0.05) is 18.2 Å². The number of nitrogens with one attached hydrogen (secondary N) is 2. The monoisotopic (exact) mass is 441 g/mol. The number of rotatable bonds is 11. The van der Waals surface area contributed by atoms with Gasteiger partial charge in [-0.05, 0) is 49.7 Å². The highest BCUT2D eigenvalue weighted by Crippen LogP contribution is 2.26. The number of guanidine groups is 1. The van der Waals surface area contributed by atoms with Crippen LogP contribution in [0.15, 0.2) is 47.6 Å². The number of methoxy groups -OCH3 is 2. The summed E-state index contributed by atoms with van der Waals surface area (Å²) >= 11 is 0. The van der Waals surface area contributed by atoms with Gasteiger partial charge < -0.3 is 24.8 Å². The van der Waals surface area contributed by atoms with E-state index in [4.69, 9.17) is 14.2 Å². The number of hydrogen-bond donors (Lipinski definition) is 2. The Morgan fingerprint density at radius 2 is 1.88 bits per heavy atom. The highest BCUT2D eigenvalue weighted by molar-refractivity contribution is 5.79. The largest absolute Gasteiger partial charge is 0.497 e. The Kier molecular flexibility index (Phi) is 9.59. The maximum absolute atomic E-state index is 5.73. The fourth-order valence-electron chi connectivity index (χ4n) is 3.84. The van der Waals surface area contributed by atoms with Gasteiger partial charge in [-0.15, -0.1) is 0 Å². The third-order valence-electron chi connectivity index (χ3n) is 5.59. The first-order chi connectivity index (χ1) is 15.7. The topological polar surface area (TPSA) is 80.2 Å². The number of ether oxygens (including phenoxy) is 3. The van der Waals surface area contributed by atoms with Crippen molar-refractivity contribution in [1.29, 1.82) is 0 Å². The molecule has 1 aliphatic heterocycles. The Morgan fingerprint density at radius 3 is 2.56 bits per heavy atom. The molecule has 0 amide bonds. The molecule has 0 bridgehead atoms. The van der Waals surface area contributed by atoms with E-state index in [9.17, 15) is 0 Å². The summed E-state index contributed by atoms with van der Waals surface area (Å²) in [4.78, 5) is 11.3. The molecule has 2 heterocycles. The van der Waals surface area contributed by atoms with Gasteiger partial charge in [0.05, 0.1) is 19.8 Å². The average Bonchev–Trinajstić information content (AvgIpc) is 3.37. The molecule has 8 nitrogen and oxygen atoms in total. The predicted octanol–water partition coefficient (Wildman–Crippen LogP) is 2.62. The van der Waals surface area contributed by atoms with E-state index in [-0.39, 0.29) is 6.04 Å². The quantitative estimate of drug-likeness (QED) is 0.315. The summed E-state index contributed by atoms with van der Waals surface area (Å²) in [6.07, 6.45) is 4.22. The molecule has 1 fully saturated rings. The summed E-state index contributed by atoms with van der Waals surface area (Å²) in [6.45, 7) is 4.54. The van der Waals surface area contributed by atoms with Gasteiger partial charge in [0.1, 0.15) is 12.4 Å². The molecule has 0 spiro atoms. The van der Waals surface area contributed by atoms with Crippen LogP contribution in [0.3, 0.4) is 0 Å². The number of benzene rings is 1. The Labute approximate surface area is 191 Å². The van der Waals surface area contributed by atoms with Gasteiger partial charge in [0.25, 0.3) is 0 Å². The number of pyridine rings is 1. The van der Waals surface area contributed by atoms with Crippen molar-refractivity contribution in [1.82, 2.24) is 20.5 Å². The fraction of sp³-hybridized carbons (Fsp3) is 0.500. The molecule has 8 heteroatoms. The summed E-state index contributed by atoms with van der Waals surface area (Å²) in [5.41, 5.74) is 2.24. The van der Waals surface area contributed by atoms with Crippen LogP contribution in [0.25, 0.3) is 0 Å². The van der Waals surface area contributed by atoms with Crippen LogP contribution in [0, 0.1) is 0 Å². The van der Waals surface area contributed by atoms with Gasteiger partial charge in [0, 0.05) is 39.0 Å². The molecule has 1 aliphatic rings. The second-order valence-corrected chi connectivity index (χ2v) is 7.65. The number of nitrogens with zero attached hydrogens (tertiary/aromatic N) is 3. The van der Waals surface area contributed by atoms with Crippen LogP contribution in [-0.4, -0.2) is 70.0 Å². The smallest absolute Gasteiger partial charge is 0.218 e. The highest BCUT2D eigenvalue weighted by atomic mass is 16.5. The molecular formula is C24H35N5O3. The van der Waals surface area contributed by atoms with Gasteiger partial charge in [-0.3, -0.25) is 9.89 Å². The minimum atomic E-state index is 0.272. The first-order valence-electron chi connectivity index (χ1n) is 11.1. The number of aliphatic imine (C=N–C) groups is 1. The number of hydrogen-bond acceptors (Lipinski definition) is 6. The third kappa shape index (κ3) is 6.83. The summed E-state index contributed by atoms with van der Waals surface area (Å²) in [5, 5.41) is 6.88. The van der Waals surface area contributed by atoms with Crippen LogP contribution in [0.1, 0.15) is 30.0 Å². The molecule has 1 unspecified atom stereocenters. The second kappa shape index (κ2) is 12.9. The van der Waals surface area contributed by atoms with E-state index in [0.29, 0.717) is 25.6 Å². The molecule has 0 radical (unpaired) electrons. The molecule has 2 N–H and O–H groups in total. The molecule has 1 aromatic carbocycles. The van der Waals surface area contributed by atoms with Crippen molar-refractivity contribution in [2.45, 2.75) is 25.4 Å². The maximum Gasteiger partial charge on any atom is 0.218 e. The Hall–Kier alpha value is -2.84. The zero-order valence-corrected chi connectivity index (χ0v) is 19.3. The maximum atomic E-state index is 5.73. The summed E-state index contributed by atoms with van der Waals surface area (Å²) in [6, 6.07) is 12.5. The highest BCUT2D eigenvalue weighted by Gasteiger charge is 2.23. The van der Waals surface area contributed by atoms with E-state index in [1.165, 1.54) is 18.4 Å². The molecule has 0 aliphatic carbocycles. The van der Waals surface area contributed by atoms with E-state index < -0.39 is 0 Å². The Balaban J connectivity index is 1.60. The molecule has 1 aromatic heterocycles. The zero-order valence-electron chi connectivity index (χ0n) is 19.3. The minimum absolute atomic E-state index is 0.272. The molecule has 1 atom stereocenters. The molecule has 2 aromatic rings. The predicted molar refractivity (Wildman–Crippen MR) is 126 cm³/mol. The van der Waals surface area contributed by atoms with E-state index >= 15 is 0 Å². The van der Waals surface area contributed by atoms with Crippen LogP contribution in [0.5, 0.6) is 11.6 Å². The van der Waals surface area contributed by atoms with Gasteiger partial charge in [-0.25, -0.2) is 4.98 Å². The molecular weight excluding hydrogens is 406 g/mol. The number of aromatic nitrogens is 1. The van der Waals surface area contributed by atoms with Crippen molar-refractivity contribution in [3.63, 3.8) is 0 Å². The van der Waals surface area contributed by atoms with Gasteiger partial charge in [0.15, 0.2) is 5.96 Å². The lowest BCUT2D eigenvalue weighted by Gasteiger charge is -2.29. The molecule has 3 rings (SSSR count). The van der Waals surface area contributed by atoms with Crippen LogP contribution in [-0.2, 0) is 11.3 Å². The van der Waals surface area contributed by atoms with Crippen LogP contribution >= 0.6 is 0 Å². The lowest BCUT2D eigenvalue weighted by Crippen LogP contribution is -2.42. The summed E-state index contributed by atoms with van der Waals surface area (Å²) in [5.74, 6) is 2.23. The standard InChI is InChI=1S/C24H35N5O3/c1-25-24(27-17-20-7-6-12-26-23(20)32-16-15-30-2)28-18-22(29-13-4-5-14-29)19-8-10-21(31-3)11-9-19/h6-12,22H,4-5,13-18H2,1-3H3,(H2,25,27,28). The zero-order chi connectivity index (χ0) is 22.6. The minimum Gasteiger partial charge on any atom is -0.497 e. The fourth-order valence-corrected chi connectivity index (χ4v) is 3.84. The lowest BCUT2D eigenvalue weighted by molar-refractivity contribution is 0.143. The summed E-state index contributed by atoms with van der Waals surface area (Å²) in [7, 11) is 5.13. The first-order valence-corrected chi connectivity index (χ1v) is 11.1. The van der Waals surface area contributed by atoms with Gasteiger partial charge in [0.2, 0.25) is 5.88 Å². The molecule has 174 valence electrons.